The third-order valence-electron chi connectivity index (χ3n) is 4.78. The monoisotopic (exact) mass is 294 g/mol. The molecule has 2 atom stereocenters. The van der Waals surface area contributed by atoms with Gasteiger partial charge in [-0.3, -0.25) is 14.5 Å². The minimum atomic E-state index is -0.285. The van der Waals surface area contributed by atoms with Crippen LogP contribution in [0.4, 0.5) is 0 Å². The van der Waals surface area contributed by atoms with Crippen LogP contribution in [0.25, 0.3) is 0 Å². The van der Waals surface area contributed by atoms with E-state index in [1.54, 1.807) is 4.90 Å². The standard InChI is InChI=1S/C17H30N2O2/c1-12(2)7-6-8-13(3)18-15-11-16(20)19(17(15)21)14-9-4-5-10-14/h12-15,18H,4-11H2,1-3H3. The molecule has 1 heterocycles. The van der Waals surface area contributed by atoms with E-state index in [4.69, 9.17) is 0 Å². The zero-order chi connectivity index (χ0) is 15.4. The summed E-state index contributed by atoms with van der Waals surface area (Å²) in [5.41, 5.74) is 0. The average molecular weight is 294 g/mol. The van der Waals surface area contributed by atoms with Gasteiger partial charge in [-0.1, -0.05) is 39.5 Å². The Morgan fingerprint density at radius 3 is 2.43 bits per heavy atom. The molecule has 21 heavy (non-hydrogen) atoms. The quantitative estimate of drug-likeness (QED) is 0.735. The molecule has 2 unspecified atom stereocenters. The molecule has 1 saturated heterocycles. The lowest BCUT2D eigenvalue weighted by Gasteiger charge is -2.23. The first-order chi connectivity index (χ1) is 9.99. The van der Waals surface area contributed by atoms with Crippen LogP contribution in [0.15, 0.2) is 0 Å². The number of amides is 2. The van der Waals surface area contributed by atoms with Crippen LogP contribution in [0.5, 0.6) is 0 Å². The second-order valence-corrected chi connectivity index (χ2v) is 7.19. The van der Waals surface area contributed by atoms with Gasteiger partial charge in [0.2, 0.25) is 11.8 Å². The lowest BCUT2D eigenvalue weighted by atomic mass is 10.0. The minimum absolute atomic E-state index is 0.0163. The average Bonchev–Trinajstić information content (AvgIpc) is 2.98. The summed E-state index contributed by atoms with van der Waals surface area (Å²) >= 11 is 0. The molecule has 0 aromatic rings. The van der Waals surface area contributed by atoms with Crippen molar-refractivity contribution in [2.75, 3.05) is 0 Å². The molecule has 1 N–H and O–H groups in total. The smallest absolute Gasteiger partial charge is 0.247 e. The van der Waals surface area contributed by atoms with Gasteiger partial charge in [0.1, 0.15) is 0 Å². The molecule has 2 aliphatic rings. The number of nitrogens with one attached hydrogen (secondary N) is 1. The number of imide groups is 1. The Hall–Kier alpha value is -0.900. The van der Waals surface area contributed by atoms with Crippen molar-refractivity contribution in [2.24, 2.45) is 5.92 Å². The number of carbonyl (C=O) groups excluding carboxylic acids is 2. The lowest BCUT2D eigenvalue weighted by Crippen LogP contribution is -2.45. The fraction of sp³-hybridized carbons (Fsp3) is 0.882. The molecular weight excluding hydrogens is 264 g/mol. The normalized spacial score (nSPS) is 25.3. The zero-order valence-corrected chi connectivity index (χ0v) is 13.7. The van der Waals surface area contributed by atoms with E-state index in [-0.39, 0.29) is 23.9 Å². The zero-order valence-electron chi connectivity index (χ0n) is 13.7. The predicted molar refractivity (Wildman–Crippen MR) is 83.8 cm³/mol. The maximum absolute atomic E-state index is 12.5. The Morgan fingerprint density at radius 2 is 1.81 bits per heavy atom. The molecule has 0 aromatic carbocycles. The molecule has 4 heteroatoms. The van der Waals surface area contributed by atoms with Gasteiger partial charge in [0, 0.05) is 12.1 Å². The summed E-state index contributed by atoms with van der Waals surface area (Å²) in [6.07, 6.45) is 8.09. The number of nitrogens with zero attached hydrogens (tertiary/aromatic N) is 1. The Bertz CT molecular complexity index is 375. The first-order valence-corrected chi connectivity index (χ1v) is 8.61. The fourth-order valence-corrected chi connectivity index (χ4v) is 3.59. The molecule has 2 fully saturated rings. The summed E-state index contributed by atoms with van der Waals surface area (Å²) in [6, 6.07) is 0.189. The van der Waals surface area contributed by atoms with Crippen molar-refractivity contribution in [1.82, 2.24) is 10.2 Å². The fourth-order valence-electron chi connectivity index (χ4n) is 3.59. The van der Waals surface area contributed by atoms with Gasteiger partial charge in [-0.05, 0) is 32.1 Å². The molecule has 1 saturated carbocycles. The molecule has 2 amide bonds. The summed E-state index contributed by atoms with van der Waals surface area (Å²) in [5, 5.41) is 3.37. The Labute approximate surface area is 128 Å². The van der Waals surface area contributed by atoms with Gasteiger partial charge in [-0.2, -0.15) is 0 Å². The van der Waals surface area contributed by atoms with E-state index in [9.17, 15) is 9.59 Å². The summed E-state index contributed by atoms with van der Waals surface area (Å²) < 4.78 is 0. The van der Waals surface area contributed by atoms with E-state index < -0.39 is 0 Å². The molecule has 4 nitrogen and oxygen atoms in total. The van der Waals surface area contributed by atoms with Crippen molar-refractivity contribution in [1.29, 1.82) is 0 Å². The van der Waals surface area contributed by atoms with Crippen LogP contribution in [0.2, 0.25) is 0 Å². The minimum Gasteiger partial charge on any atom is -0.303 e. The van der Waals surface area contributed by atoms with Crippen molar-refractivity contribution in [3.05, 3.63) is 0 Å². The highest BCUT2D eigenvalue weighted by molar-refractivity contribution is 6.05. The van der Waals surface area contributed by atoms with E-state index >= 15 is 0 Å². The van der Waals surface area contributed by atoms with Gasteiger partial charge in [-0.25, -0.2) is 0 Å². The third-order valence-corrected chi connectivity index (χ3v) is 4.78. The van der Waals surface area contributed by atoms with E-state index in [0.29, 0.717) is 12.5 Å². The highest BCUT2D eigenvalue weighted by Crippen LogP contribution is 2.28. The number of hydrogen-bond donors (Lipinski definition) is 1. The van der Waals surface area contributed by atoms with Gasteiger partial charge in [0.05, 0.1) is 12.5 Å². The molecule has 0 spiro atoms. The van der Waals surface area contributed by atoms with E-state index in [2.05, 4.69) is 26.1 Å². The van der Waals surface area contributed by atoms with E-state index in [0.717, 1.165) is 38.0 Å². The SMILES string of the molecule is CC(C)CCCC(C)NC1CC(=O)N(C2CCCC2)C1=O. The van der Waals surface area contributed by atoms with Crippen LogP contribution < -0.4 is 5.32 Å². The molecule has 0 radical (unpaired) electrons. The van der Waals surface area contributed by atoms with Crippen LogP contribution in [0, 0.1) is 5.92 Å². The van der Waals surface area contributed by atoms with Gasteiger partial charge >= 0.3 is 0 Å². The van der Waals surface area contributed by atoms with Gasteiger partial charge in [0.15, 0.2) is 0 Å². The van der Waals surface area contributed by atoms with Crippen LogP contribution in [-0.2, 0) is 9.59 Å². The Morgan fingerprint density at radius 1 is 1.14 bits per heavy atom. The van der Waals surface area contributed by atoms with Gasteiger partial charge < -0.3 is 5.32 Å². The maximum atomic E-state index is 12.5. The van der Waals surface area contributed by atoms with E-state index in [1.165, 1.54) is 12.8 Å². The van der Waals surface area contributed by atoms with E-state index in [1.807, 2.05) is 0 Å². The van der Waals surface area contributed by atoms with Gasteiger partial charge in [-0.15, -0.1) is 0 Å². The van der Waals surface area contributed by atoms with Crippen molar-refractivity contribution >= 4 is 11.8 Å². The molecular formula is C17H30N2O2. The molecule has 2 rings (SSSR count). The second-order valence-electron chi connectivity index (χ2n) is 7.19. The van der Waals surface area contributed by atoms with Crippen molar-refractivity contribution in [3.8, 4) is 0 Å². The number of rotatable bonds is 7. The summed E-state index contributed by atoms with van der Waals surface area (Å²) in [6.45, 7) is 6.59. The molecule has 1 aliphatic heterocycles. The predicted octanol–water partition coefficient (Wildman–Crippen LogP) is 2.86. The number of likely N-dealkylation sites (tertiary alicyclic amines) is 1. The second kappa shape index (κ2) is 7.39. The number of carbonyl (C=O) groups is 2. The van der Waals surface area contributed by atoms with Crippen molar-refractivity contribution in [2.45, 2.75) is 90.3 Å². The molecule has 1 aliphatic carbocycles. The summed E-state index contributed by atoms with van der Waals surface area (Å²) in [5.74, 6) is 0.770. The highest BCUT2D eigenvalue weighted by atomic mass is 16.2. The molecule has 0 bridgehead atoms. The molecule has 0 aromatic heterocycles. The van der Waals surface area contributed by atoms with Crippen molar-refractivity contribution in [3.63, 3.8) is 0 Å². The Kier molecular flexibility index (Phi) is 5.80. The van der Waals surface area contributed by atoms with Crippen LogP contribution in [0.3, 0.4) is 0 Å². The Balaban J connectivity index is 1.81. The van der Waals surface area contributed by atoms with Crippen LogP contribution in [-0.4, -0.2) is 34.8 Å². The highest BCUT2D eigenvalue weighted by Gasteiger charge is 2.43. The first-order valence-electron chi connectivity index (χ1n) is 8.61. The first kappa shape index (κ1) is 16.5. The largest absolute Gasteiger partial charge is 0.303 e. The van der Waals surface area contributed by atoms with Gasteiger partial charge in [0.25, 0.3) is 0 Å². The van der Waals surface area contributed by atoms with Crippen LogP contribution in [0.1, 0.15) is 72.1 Å². The lowest BCUT2D eigenvalue weighted by molar-refractivity contribution is -0.141. The summed E-state index contributed by atoms with van der Waals surface area (Å²) in [4.78, 5) is 26.2. The molecule has 120 valence electrons. The maximum Gasteiger partial charge on any atom is 0.247 e. The van der Waals surface area contributed by atoms with Crippen molar-refractivity contribution < 1.29 is 9.59 Å². The third kappa shape index (κ3) is 4.29. The number of hydrogen-bond acceptors (Lipinski definition) is 3. The summed E-state index contributed by atoms with van der Waals surface area (Å²) in [7, 11) is 0. The van der Waals surface area contributed by atoms with Crippen LogP contribution >= 0.6 is 0 Å². The topological polar surface area (TPSA) is 49.4 Å².